The predicted octanol–water partition coefficient (Wildman–Crippen LogP) is -0.239. The SMILES string of the molecule is OC1C(O)C2CC1C1CC3OC3C21. The van der Waals surface area contributed by atoms with E-state index in [1.807, 2.05) is 0 Å². The van der Waals surface area contributed by atoms with Gasteiger partial charge in [-0.1, -0.05) is 0 Å². The van der Waals surface area contributed by atoms with Gasteiger partial charge in [-0.3, -0.25) is 0 Å². The van der Waals surface area contributed by atoms with E-state index >= 15 is 0 Å². The van der Waals surface area contributed by atoms with E-state index in [2.05, 4.69) is 0 Å². The van der Waals surface area contributed by atoms with Gasteiger partial charge in [-0.15, -0.1) is 0 Å². The molecule has 0 amide bonds. The van der Waals surface area contributed by atoms with Crippen LogP contribution >= 0.6 is 0 Å². The van der Waals surface area contributed by atoms with Gasteiger partial charge >= 0.3 is 0 Å². The summed E-state index contributed by atoms with van der Waals surface area (Å²) < 4.78 is 5.51. The Hall–Kier alpha value is -0.120. The molecule has 2 bridgehead atoms. The highest BCUT2D eigenvalue weighted by molar-refractivity contribution is 5.16. The summed E-state index contributed by atoms with van der Waals surface area (Å²) in [6.07, 6.45) is 2.20. The van der Waals surface area contributed by atoms with Crippen molar-refractivity contribution in [1.29, 1.82) is 0 Å². The third kappa shape index (κ3) is 0.661. The predicted molar refractivity (Wildman–Crippen MR) is 43.9 cm³/mol. The lowest BCUT2D eigenvalue weighted by atomic mass is 9.78. The Morgan fingerprint density at radius 1 is 0.923 bits per heavy atom. The molecule has 0 aromatic carbocycles. The highest BCUT2D eigenvalue weighted by Gasteiger charge is 2.68. The van der Waals surface area contributed by atoms with Crippen LogP contribution in [0.4, 0.5) is 0 Å². The minimum Gasteiger partial charge on any atom is -0.390 e. The molecule has 1 heterocycles. The van der Waals surface area contributed by atoms with E-state index in [1.54, 1.807) is 0 Å². The van der Waals surface area contributed by atoms with Crippen LogP contribution in [0.5, 0.6) is 0 Å². The fraction of sp³-hybridized carbons (Fsp3) is 1.00. The third-order valence-corrected chi connectivity index (χ3v) is 4.82. The van der Waals surface area contributed by atoms with Gasteiger partial charge in [0.2, 0.25) is 0 Å². The minimum absolute atomic E-state index is 0.336. The van der Waals surface area contributed by atoms with Crippen LogP contribution in [0.3, 0.4) is 0 Å². The number of fused-ring (bicyclic) bond motifs is 7. The lowest BCUT2D eigenvalue weighted by molar-refractivity contribution is -0.0618. The third-order valence-electron chi connectivity index (χ3n) is 4.82. The standard InChI is InChI=1S/C10H14O3/c11-8-4-1-5(9(8)12)7-3(4)2-6-10(7)13-6/h3-12H,1-2H2. The van der Waals surface area contributed by atoms with E-state index in [0.717, 1.165) is 12.8 Å². The maximum Gasteiger partial charge on any atom is 0.0876 e. The molecular weight excluding hydrogens is 168 g/mol. The Kier molecular flexibility index (Phi) is 1.08. The number of ether oxygens (including phenoxy) is 1. The zero-order valence-corrected chi connectivity index (χ0v) is 7.34. The molecule has 4 rings (SSSR count). The lowest BCUT2D eigenvalue weighted by Gasteiger charge is -2.33. The van der Waals surface area contributed by atoms with Crippen LogP contribution in [0.25, 0.3) is 0 Å². The molecule has 2 N–H and O–H groups in total. The molecule has 3 nitrogen and oxygen atoms in total. The molecule has 1 saturated heterocycles. The molecule has 0 spiro atoms. The van der Waals surface area contributed by atoms with Crippen molar-refractivity contribution in [3.8, 4) is 0 Å². The van der Waals surface area contributed by atoms with Crippen LogP contribution in [0.15, 0.2) is 0 Å². The second-order valence-electron chi connectivity index (χ2n) is 5.16. The Balaban J connectivity index is 1.73. The minimum atomic E-state index is -0.464. The van der Waals surface area contributed by atoms with E-state index in [9.17, 15) is 10.2 Å². The average Bonchev–Trinajstić information content (AvgIpc) is 2.53. The van der Waals surface area contributed by atoms with E-state index < -0.39 is 12.2 Å². The molecule has 0 aromatic rings. The number of aliphatic hydroxyl groups excluding tert-OH is 2. The number of hydrogen-bond acceptors (Lipinski definition) is 3. The maximum atomic E-state index is 9.77. The van der Waals surface area contributed by atoms with Crippen LogP contribution < -0.4 is 0 Å². The Morgan fingerprint density at radius 2 is 1.69 bits per heavy atom. The van der Waals surface area contributed by atoms with Crippen molar-refractivity contribution < 1.29 is 14.9 Å². The number of hydrogen-bond donors (Lipinski definition) is 2. The van der Waals surface area contributed by atoms with Crippen LogP contribution in [0, 0.1) is 23.7 Å². The molecule has 0 radical (unpaired) electrons. The Morgan fingerprint density at radius 3 is 2.54 bits per heavy atom. The quantitative estimate of drug-likeness (QED) is 0.508. The van der Waals surface area contributed by atoms with E-state index in [1.165, 1.54) is 0 Å². The van der Waals surface area contributed by atoms with Crippen LogP contribution in [0.1, 0.15) is 12.8 Å². The first-order chi connectivity index (χ1) is 6.27. The van der Waals surface area contributed by atoms with Crippen molar-refractivity contribution in [3.63, 3.8) is 0 Å². The highest BCUT2D eigenvalue weighted by Crippen LogP contribution is 2.64. The summed E-state index contributed by atoms with van der Waals surface area (Å²) in [4.78, 5) is 0. The maximum absolute atomic E-state index is 9.77. The smallest absolute Gasteiger partial charge is 0.0876 e. The fourth-order valence-corrected chi connectivity index (χ4v) is 4.29. The molecule has 4 aliphatic rings. The molecule has 3 heteroatoms. The first-order valence-electron chi connectivity index (χ1n) is 5.29. The van der Waals surface area contributed by atoms with E-state index in [4.69, 9.17) is 4.74 Å². The van der Waals surface area contributed by atoms with Gasteiger partial charge in [0, 0.05) is 0 Å². The van der Waals surface area contributed by atoms with Crippen molar-refractivity contribution in [1.82, 2.24) is 0 Å². The Bertz CT molecular complexity index is 267. The molecule has 3 aliphatic carbocycles. The van der Waals surface area contributed by atoms with Gasteiger partial charge in [-0.2, -0.15) is 0 Å². The second kappa shape index (κ2) is 1.95. The van der Waals surface area contributed by atoms with Crippen molar-refractivity contribution >= 4 is 0 Å². The topological polar surface area (TPSA) is 53.0 Å². The average molecular weight is 182 g/mol. The summed E-state index contributed by atoms with van der Waals surface area (Å²) in [5, 5.41) is 19.5. The molecule has 8 atom stereocenters. The van der Waals surface area contributed by atoms with Gasteiger partial charge < -0.3 is 14.9 Å². The highest BCUT2D eigenvalue weighted by atomic mass is 16.6. The summed E-state index contributed by atoms with van der Waals surface area (Å²) in [5.74, 6) is 1.95. The van der Waals surface area contributed by atoms with Gasteiger partial charge in [0.1, 0.15) is 0 Å². The van der Waals surface area contributed by atoms with Crippen molar-refractivity contribution in [2.75, 3.05) is 0 Å². The summed E-state index contributed by atoms with van der Waals surface area (Å²) in [7, 11) is 0. The zero-order chi connectivity index (χ0) is 8.74. The van der Waals surface area contributed by atoms with Crippen LogP contribution in [-0.2, 0) is 4.74 Å². The van der Waals surface area contributed by atoms with Gasteiger partial charge in [-0.05, 0) is 36.5 Å². The molecule has 72 valence electrons. The number of rotatable bonds is 0. The van der Waals surface area contributed by atoms with Crippen molar-refractivity contribution in [3.05, 3.63) is 0 Å². The molecule has 1 aliphatic heterocycles. The molecule has 4 fully saturated rings. The number of epoxide rings is 1. The molecule has 13 heavy (non-hydrogen) atoms. The summed E-state index contributed by atoms with van der Waals surface area (Å²) in [6, 6.07) is 0. The largest absolute Gasteiger partial charge is 0.390 e. The number of aliphatic hydroxyl groups is 2. The summed E-state index contributed by atoms with van der Waals surface area (Å²) in [6.45, 7) is 0. The van der Waals surface area contributed by atoms with E-state index in [-0.39, 0.29) is 0 Å². The fourth-order valence-electron chi connectivity index (χ4n) is 4.29. The van der Waals surface area contributed by atoms with Gasteiger partial charge in [0.25, 0.3) is 0 Å². The molecular formula is C10H14O3. The molecule has 0 aromatic heterocycles. The van der Waals surface area contributed by atoms with Crippen LogP contribution in [-0.4, -0.2) is 34.6 Å². The molecule has 8 unspecified atom stereocenters. The first-order valence-corrected chi connectivity index (χ1v) is 5.29. The van der Waals surface area contributed by atoms with Gasteiger partial charge in [0.15, 0.2) is 0 Å². The summed E-state index contributed by atoms with van der Waals surface area (Å²) >= 11 is 0. The lowest BCUT2D eigenvalue weighted by Crippen LogP contribution is -2.42. The van der Waals surface area contributed by atoms with Crippen LogP contribution in [0.2, 0.25) is 0 Å². The summed E-state index contributed by atoms with van der Waals surface area (Å²) in [5.41, 5.74) is 0. The van der Waals surface area contributed by atoms with Crippen molar-refractivity contribution in [2.24, 2.45) is 23.7 Å². The Labute approximate surface area is 76.7 Å². The van der Waals surface area contributed by atoms with Gasteiger partial charge in [-0.25, -0.2) is 0 Å². The zero-order valence-electron chi connectivity index (χ0n) is 7.34. The molecule has 3 saturated carbocycles. The second-order valence-corrected chi connectivity index (χ2v) is 5.16. The monoisotopic (exact) mass is 182 g/mol. The van der Waals surface area contributed by atoms with Gasteiger partial charge in [0.05, 0.1) is 24.4 Å². The van der Waals surface area contributed by atoms with E-state index in [0.29, 0.717) is 35.9 Å². The normalized spacial score (nSPS) is 72.5. The van der Waals surface area contributed by atoms with Crippen molar-refractivity contribution in [2.45, 2.75) is 37.3 Å². The first kappa shape index (κ1) is 7.21.